The summed E-state index contributed by atoms with van der Waals surface area (Å²) < 4.78 is 29.1. The van der Waals surface area contributed by atoms with E-state index < -0.39 is 10.0 Å². The number of hydrogen-bond acceptors (Lipinski definition) is 5. The van der Waals surface area contributed by atoms with Gasteiger partial charge < -0.3 is 9.88 Å². The number of anilines is 1. The second-order valence-electron chi connectivity index (χ2n) is 6.42. The van der Waals surface area contributed by atoms with Crippen LogP contribution in [0.2, 0.25) is 0 Å². The molecule has 2 aliphatic heterocycles. The minimum absolute atomic E-state index is 0.0408. The van der Waals surface area contributed by atoms with Gasteiger partial charge in [-0.05, 0) is 36.6 Å². The summed E-state index contributed by atoms with van der Waals surface area (Å²) in [5, 5.41) is 11.0. The van der Waals surface area contributed by atoms with Crippen molar-refractivity contribution in [2.24, 2.45) is 0 Å². The van der Waals surface area contributed by atoms with Crippen LogP contribution in [0.1, 0.15) is 30.1 Å². The van der Waals surface area contributed by atoms with Crippen molar-refractivity contribution in [1.82, 2.24) is 19.1 Å². The lowest BCUT2D eigenvalue weighted by Gasteiger charge is -2.20. The molecular formula is C16H19N5O3S. The lowest BCUT2D eigenvalue weighted by Crippen LogP contribution is -2.28. The van der Waals surface area contributed by atoms with Gasteiger partial charge in [-0.25, -0.2) is 8.42 Å². The van der Waals surface area contributed by atoms with Gasteiger partial charge in [0.25, 0.3) is 0 Å². The van der Waals surface area contributed by atoms with Crippen LogP contribution in [0, 0.1) is 0 Å². The molecule has 0 atom stereocenters. The summed E-state index contributed by atoms with van der Waals surface area (Å²) >= 11 is 0. The van der Waals surface area contributed by atoms with Crippen molar-refractivity contribution in [3.8, 4) is 0 Å². The molecule has 0 spiro atoms. The van der Waals surface area contributed by atoms with Crippen LogP contribution in [-0.2, 0) is 40.7 Å². The van der Waals surface area contributed by atoms with Crippen molar-refractivity contribution in [1.29, 1.82) is 0 Å². The van der Waals surface area contributed by atoms with Crippen LogP contribution >= 0.6 is 0 Å². The third kappa shape index (κ3) is 2.83. The maximum absolute atomic E-state index is 12.9. The molecule has 3 heterocycles. The van der Waals surface area contributed by atoms with E-state index in [0.717, 1.165) is 30.8 Å². The van der Waals surface area contributed by atoms with Crippen molar-refractivity contribution < 1.29 is 13.2 Å². The fraction of sp³-hybridized carbons (Fsp3) is 0.438. The van der Waals surface area contributed by atoms with E-state index in [-0.39, 0.29) is 17.3 Å². The molecule has 2 aliphatic rings. The zero-order chi connectivity index (χ0) is 17.6. The van der Waals surface area contributed by atoms with Crippen LogP contribution in [0.5, 0.6) is 0 Å². The Hall–Kier alpha value is -2.26. The van der Waals surface area contributed by atoms with Gasteiger partial charge in [-0.3, -0.25) is 4.79 Å². The first-order chi connectivity index (χ1) is 11.9. The molecule has 1 N–H and O–H groups in total. The first-order valence-electron chi connectivity index (χ1n) is 8.25. The summed E-state index contributed by atoms with van der Waals surface area (Å²) in [5.41, 5.74) is 1.53. The molecule has 0 unspecified atom stereocenters. The van der Waals surface area contributed by atoms with E-state index in [9.17, 15) is 13.2 Å². The van der Waals surface area contributed by atoms with E-state index in [1.54, 1.807) is 19.2 Å². The number of carbonyl (C=O) groups excluding carboxylic acids is 1. The Labute approximate surface area is 145 Å². The standard InChI is InChI=1S/C16H19N5O3S/c1-20(10-15-19-18-14-3-2-8-21(14)15)25(23,24)12-5-6-13-11(9-12)4-7-16(22)17-13/h5-6,9H,2-4,7-8,10H2,1H3,(H,17,22). The highest BCUT2D eigenvalue weighted by molar-refractivity contribution is 7.89. The first kappa shape index (κ1) is 16.2. The van der Waals surface area contributed by atoms with Gasteiger partial charge in [-0.15, -0.1) is 10.2 Å². The Morgan fingerprint density at radius 1 is 1.24 bits per heavy atom. The molecule has 4 rings (SSSR count). The number of amides is 1. The molecule has 0 saturated carbocycles. The monoisotopic (exact) mass is 361 g/mol. The van der Waals surface area contributed by atoms with Gasteiger partial charge in [0.15, 0.2) is 0 Å². The number of nitrogens with one attached hydrogen (secondary N) is 1. The van der Waals surface area contributed by atoms with Crippen LogP contribution in [0.4, 0.5) is 5.69 Å². The van der Waals surface area contributed by atoms with E-state index in [4.69, 9.17) is 0 Å². The lowest BCUT2D eigenvalue weighted by molar-refractivity contribution is -0.116. The molecule has 0 fully saturated rings. The van der Waals surface area contributed by atoms with Gasteiger partial charge in [0, 0.05) is 32.1 Å². The van der Waals surface area contributed by atoms with Crippen molar-refractivity contribution >= 4 is 21.6 Å². The Bertz CT molecular complexity index is 951. The van der Waals surface area contributed by atoms with Gasteiger partial charge in [0.2, 0.25) is 15.9 Å². The Morgan fingerprint density at radius 2 is 2.08 bits per heavy atom. The molecule has 1 aromatic heterocycles. The average molecular weight is 361 g/mol. The number of carbonyl (C=O) groups is 1. The topological polar surface area (TPSA) is 97.2 Å². The molecule has 1 aromatic carbocycles. The summed E-state index contributed by atoms with van der Waals surface area (Å²) in [6.07, 6.45) is 2.83. The maximum atomic E-state index is 12.9. The number of sulfonamides is 1. The summed E-state index contributed by atoms with van der Waals surface area (Å²) in [7, 11) is -2.09. The maximum Gasteiger partial charge on any atom is 0.243 e. The highest BCUT2D eigenvalue weighted by atomic mass is 32.2. The summed E-state index contributed by atoms with van der Waals surface area (Å²) in [4.78, 5) is 11.7. The molecule has 0 bridgehead atoms. The molecule has 8 nitrogen and oxygen atoms in total. The molecule has 25 heavy (non-hydrogen) atoms. The van der Waals surface area contributed by atoms with Gasteiger partial charge >= 0.3 is 0 Å². The quantitative estimate of drug-likeness (QED) is 0.874. The van der Waals surface area contributed by atoms with Gasteiger partial charge in [0.05, 0.1) is 11.4 Å². The van der Waals surface area contributed by atoms with Crippen LogP contribution in [-0.4, -0.2) is 40.4 Å². The molecule has 2 aromatic rings. The number of rotatable bonds is 4. The number of hydrogen-bond donors (Lipinski definition) is 1. The van der Waals surface area contributed by atoms with E-state index >= 15 is 0 Å². The van der Waals surface area contributed by atoms with E-state index in [1.807, 2.05) is 4.57 Å². The van der Waals surface area contributed by atoms with Crippen molar-refractivity contribution in [2.45, 2.75) is 43.7 Å². The molecule has 0 aliphatic carbocycles. The zero-order valence-electron chi connectivity index (χ0n) is 13.9. The SMILES string of the molecule is CN(Cc1nnc2n1CCC2)S(=O)(=O)c1ccc2c(c1)CCC(=O)N2. The fourth-order valence-corrected chi connectivity index (χ4v) is 4.49. The summed E-state index contributed by atoms with van der Waals surface area (Å²) in [5.74, 6) is 1.55. The van der Waals surface area contributed by atoms with Crippen molar-refractivity contribution in [3.05, 3.63) is 35.4 Å². The van der Waals surface area contributed by atoms with Gasteiger partial charge in [-0.1, -0.05) is 0 Å². The highest BCUT2D eigenvalue weighted by Crippen LogP contribution is 2.27. The minimum Gasteiger partial charge on any atom is -0.326 e. The van der Waals surface area contributed by atoms with E-state index in [1.165, 1.54) is 10.4 Å². The first-order valence-corrected chi connectivity index (χ1v) is 9.69. The van der Waals surface area contributed by atoms with Crippen molar-refractivity contribution in [2.75, 3.05) is 12.4 Å². The predicted octanol–water partition coefficient (Wildman–Crippen LogP) is 0.930. The number of fused-ring (bicyclic) bond motifs is 2. The lowest BCUT2D eigenvalue weighted by atomic mass is 10.0. The van der Waals surface area contributed by atoms with Crippen LogP contribution in [0.15, 0.2) is 23.1 Å². The van der Waals surface area contributed by atoms with Crippen molar-refractivity contribution in [3.63, 3.8) is 0 Å². The molecular weight excluding hydrogens is 342 g/mol. The summed E-state index contributed by atoms with van der Waals surface area (Å²) in [6, 6.07) is 4.83. The molecule has 0 radical (unpaired) electrons. The minimum atomic E-state index is -3.64. The normalized spacial score (nSPS) is 16.6. The molecule has 0 saturated heterocycles. The third-order valence-electron chi connectivity index (χ3n) is 4.73. The third-order valence-corrected chi connectivity index (χ3v) is 6.53. The number of aromatic nitrogens is 3. The number of nitrogens with zero attached hydrogens (tertiary/aromatic N) is 4. The Kier molecular flexibility index (Phi) is 3.84. The smallest absolute Gasteiger partial charge is 0.243 e. The van der Waals surface area contributed by atoms with Gasteiger partial charge in [-0.2, -0.15) is 4.31 Å². The zero-order valence-corrected chi connectivity index (χ0v) is 14.7. The molecule has 1 amide bonds. The second-order valence-corrected chi connectivity index (χ2v) is 8.46. The molecule has 132 valence electrons. The van der Waals surface area contributed by atoms with Crippen LogP contribution in [0.25, 0.3) is 0 Å². The van der Waals surface area contributed by atoms with Crippen LogP contribution < -0.4 is 5.32 Å². The predicted molar refractivity (Wildman–Crippen MR) is 90.4 cm³/mol. The second kappa shape index (κ2) is 5.92. The Morgan fingerprint density at radius 3 is 2.92 bits per heavy atom. The fourth-order valence-electron chi connectivity index (χ4n) is 3.31. The highest BCUT2D eigenvalue weighted by Gasteiger charge is 2.26. The number of aryl methyl sites for hydroxylation is 2. The summed E-state index contributed by atoms with van der Waals surface area (Å²) in [6.45, 7) is 1.02. The largest absolute Gasteiger partial charge is 0.326 e. The van der Waals surface area contributed by atoms with E-state index in [2.05, 4.69) is 15.5 Å². The van der Waals surface area contributed by atoms with Crippen LogP contribution in [0.3, 0.4) is 0 Å². The van der Waals surface area contributed by atoms with E-state index in [0.29, 0.717) is 24.4 Å². The Balaban J connectivity index is 1.59. The van der Waals surface area contributed by atoms with Gasteiger partial charge in [0.1, 0.15) is 11.6 Å². The molecule has 9 heteroatoms. The average Bonchev–Trinajstić information content (AvgIpc) is 3.19. The number of benzene rings is 1.